The van der Waals surface area contributed by atoms with E-state index >= 15 is 0 Å². The van der Waals surface area contributed by atoms with Crippen LogP contribution in [0.3, 0.4) is 0 Å². The third-order valence-electron chi connectivity index (χ3n) is 7.77. The van der Waals surface area contributed by atoms with Crippen molar-refractivity contribution in [1.29, 1.82) is 0 Å². The Morgan fingerprint density at radius 3 is 2.44 bits per heavy atom. The fourth-order valence-corrected chi connectivity index (χ4v) is 6.63. The number of hydrogen-bond donors (Lipinski definition) is 0. The van der Waals surface area contributed by atoms with Crippen molar-refractivity contribution < 1.29 is 19.2 Å². The van der Waals surface area contributed by atoms with Crippen molar-refractivity contribution in [1.82, 2.24) is 19.3 Å². The number of hydrogen-bond acceptors (Lipinski definition) is 9. The molecule has 3 heterocycles. The molecule has 0 amide bonds. The Balaban J connectivity index is 0.00000357. The number of carbonyl (C=O) groups is 1. The van der Waals surface area contributed by atoms with Crippen molar-refractivity contribution in [3.63, 3.8) is 0 Å². The molecule has 6 aromatic rings. The van der Waals surface area contributed by atoms with E-state index in [4.69, 9.17) is 4.74 Å². The first-order valence-corrected chi connectivity index (χ1v) is 14.8. The van der Waals surface area contributed by atoms with E-state index in [9.17, 15) is 19.5 Å². The number of nitrogens with zero attached hydrogens (tertiary/aromatic N) is 4. The van der Waals surface area contributed by atoms with Crippen molar-refractivity contribution >= 4 is 27.3 Å². The largest absolute Gasteiger partial charge is 0.528 e. The average Bonchev–Trinajstić information content (AvgIpc) is 3.66. The van der Waals surface area contributed by atoms with E-state index in [2.05, 4.69) is 14.7 Å². The van der Waals surface area contributed by atoms with Crippen LogP contribution in [0.25, 0.3) is 32.7 Å². The Labute approximate surface area is 261 Å². The summed E-state index contributed by atoms with van der Waals surface area (Å²) in [5, 5.41) is 15.7. The molecule has 0 unspecified atom stereocenters. The SMILES string of the molecule is C.COc1cccc(C(=O)Cn2c(=O)c3cc(C4CC4)sc3n(Cc3ccc(-c4ccccc4-c4noc([O-])n4)cc3)c2=O)c1. The molecule has 0 saturated heterocycles. The van der Waals surface area contributed by atoms with Crippen LogP contribution in [0, 0.1) is 0 Å². The second kappa shape index (κ2) is 12.0. The van der Waals surface area contributed by atoms with E-state index in [0.29, 0.717) is 33.0 Å². The lowest BCUT2D eigenvalue weighted by atomic mass is 9.98. The molecule has 11 heteroatoms. The Hall–Kier alpha value is -5.29. The number of Topliss-reactive ketones (excluding diaryl/α,β-unsaturated/α-hetero) is 1. The van der Waals surface area contributed by atoms with Gasteiger partial charge in [0.05, 0.1) is 25.6 Å². The van der Waals surface area contributed by atoms with Gasteiger partial charge in [0.1, 0.15) is 10.6 Å². The summed E-state index contributed by atoms with van der Waals surface area (Å²) in [6.45, 7) is -0.174. The number of ketones is 1. The predicted octanol–water partition coefficient (Wildman–Crippen LogP) is 5.47. The first-order valence-electron chi connectivity index (χ1n) is 14.0. The molecule has 1 fully saturated rings. The van der Waals surface area contributed by atoms with Gasteiger partial charge in [-0.2, -0.15) is 5.16 Å². The Bertz CT molecular complexity index is 2150. The van der Waals surface area contributed by atoms with Crippen LogP contribution in [0.15, 0.2) is 93.0 Å². The molecular formula is C34H29N4O6S-. The van der Waals surface area contributed by atoms with Crippen LogP contribution in [-0.4, -0.2) is 32.2 Å². The molecule has 228 valence electrons. The molecule has 10 nitrogen and oxygen atoms in total. The van der Waals surface area contributed by atoms with Crippen LogP contribution in [-0.2, 0) is 13.1 Å². The summed E-state index contributed by atoms with van der Waals surface area (Å²) in [6, 6.07) is 23.6. The second-order valence-electron chi connectivity index (χ2n) is 10.7. The summed E-state index contributed by atoms with van der Waals surface area (Å²) >= 11 is 1.47. The molecular weight excluding hydrogens is 592 g/mol. The van der Waals surface area contributed by atoms with E-state index in [1.54, 1.807) is 28.8 Å². The number of benzene rings is 3. The van der Waals surface area contributed by atoms with Crippen molar-refractivity contribution in [2.24, 2.45) is 0 Å². The topological polar surface area (TPSA) is 132 Å². The minimum atomic E-state index is -0.758. The number of fused-ring (bicyclic) bond motifs is 1. The molecule has 45 heavy (non-hydrogen) atoms. The monoisotopic (exact) mass is 621 g/mol. The molecule has 0 spiro atoms. The van der Waals surface area contributed by atoms with Crippen LogP contribution in [0.4, 0.5) is 0 Å². The predicted molar refractivity (Wildman–Crippen MR) is 170 cm³/mol. The van der Waals surface area contributed by atoms with Gasteiger partial charge < -0.3 is 14.4 Å². The highest BCUT2D eigenvalue weighted by atomic mass is 32.1. The zero-order chi connectivity index (χ0) is 30.4. The van der Waals surface area contributed by atoms with Crippen LogP contribution >= 0.6 is 11.3 Å². The number of aromatic nitrogens is 4. The standard InChI is InChI=1S/C33H26N4O6S.CH4/c1-42-23-6-4-5-22(15-23)27(38)18-36-30(39)26-16-28(21-13-14-21)44-31(26)37(33(36)41)17-19-9-11-20(12-10-19)24-7-2-3-8-25(24)29-34-32(40)43-35-29;/h2-12,15-16,21H,13-14,17-18H2,1H3,(H,34,35,40);1H4/p-1. The molecule has 0 radical (unpaired) electrons. The van der Waals surface area contributed by atoms with E-state index in [1.807, 2.05) is 54.6 Å². The highest BCUT2D eigenvalue weighted by Gasteiger charge is 2.28. The van der Waals surface area contributed by atoms with Crippen LogP contribution in [0.2, 0.25) is 0 Å². The molecule has 0 N–H and O–H groups in total. The van der Waals surface area contributed by atoms with Crippen molar-refractivity contribution in [2.45, 2.75) is 39.3 Å². The van der Waals surface area contributed by atoms with Crippen LogP contribution in [0.5, 0.6) is 11.8 Å². The van der Waals surface area contributed by atoms with Gasteiger partial charge in [-0.05, 0) is 53.6 Å². The van der Waals surface area contributed by atoms with Gasteiger partial charge in [-0.25, -0.2) is 9.78 Å². The summed E-state index contributed by atoms with van der Waals surface area (Å²) in [4.78, 5) is 46.2. The van der Waals surface area contributed by atoms with Gasteiger partial charge in [0.15, 0.2) is 17.7 Å². The Morgan fingerprint density at radius 2 is 1.76 bits per heavy atom. The molecule has 1 aliphatic rings. The lowest BCUT2D eigenvalue weighted by Gasteiger charge is -2.13. The van der Waals surface area contributed by atoms with E-state index in [0.717, 1.165) is 39.0 Å². The van der Waals surface area contributed by atoms with Gasteiger partial charge in [-0.15, -0.1) is 11.3 Å². The zero-order valence-electron chi connectivity index (χ0n) is 23.6. The molecule has 1 aliphatic carbocycles. The summed E-state index contributed by atoms with van der Waals surface area (Å²) in [6.07, 6.45) is 1.36. The van der Waals surface area contributed by atoms with Gasteiger partial charge in [-0.1, -0.05) is 68.1 Å². The minimum absolute atomic E-state index is 0. The highest BCUT2D eigenvalue weighted by molar-refractivity contribution is 7.18. The normalized spacial score (nSPS) is 12.6. The summed E-state index contributed by atoms with van der Waals surface area (Å²) < 4.78 is 12.5. The molecule has 1 saturated carbocycles. The molecule has 0 bridgehead atoms. The maximum atomic E-state index is 13.9. The van der Waals surface area contributed by atoms with Gasteiger partial charge in [0.2, 0.25) is 0 Å². The zero-order valence-corrected chi connectivity index (χ0v) is 24.4. The quantitative estimate of drug-likeness (QED) is 0.194. The van der Waals surface area contributed by atoms with Gasteiger partial charge >= 0.3 is 5.69 Å². The van der Waals surface area contributed by atoms with Gasteiger partial charge in [0.25, 0.3) is 5.56 Å². The number of rotatable bonds is 9. The third kappa shape index (κ3) is 5.69. The number of thiophene rings is 1. The molecule has 0 atom stereocenters. The second-order valence-corrected chi connectivity index (χ2v) is 11.7. The maximum Gasteiger partial charge on any atom is 0.332 e. The highest BCUT2D eigenvalue weighted by Crippen LogP contribution is 2.44. The van der Waals surface area contributed by atoms with Crippen LogP contribution in [0.1, 0.15) is 47.0 Å². The van der Waals surface area contributed by atoms with E-state index in [1.165, 1.54) is 18.4 Å². The Morgan fingerprint density at radius 1 is 1.00 bits per heavy atom. The van der Waals surface area contributed by atoms with Crippen molar-refractivity contribution in [2.75, 3.05) is 7.11 Å². The Kier molecular flexibility index (Phi) is 7.94. The van der Waals surface area contributed by atoms with Gasteiger partial charge in [0, 0.05) is 16.0 Å². The molecule has 7 rings (SSSR count). The molecule has 3 aromatic carbocycles. The fraction of sp³-hybridized carbons (Fsp3) is 0.206. The smallest absolute Gasteiger partial charge is 0.332 e. The number of ether oxygens (including phenoxy) is 1. The van der Waals surface area contributed by atoms with E-state index in [-0.39, 0.29) is 32.1 Å². The van der Waals surface area contributed by atoms with Gasteiger partial charge in [-0.3, -0.25) is 18.7 Å². The lowest BCUT2D eigenvalue weighted by molar-refractivity contribution is -0.303. The van der Waals surface area contributed by atoms with Crippen molar-refractivity contribution in [3.05, 3.63) is 116 Å². The third-order valence-corrected chi connectivity index (χ3v) is 9.09. The van der Waals surface area contributed by atoms with Crippen LogP contribution < -0.4 is 21.1 Å². The van der Waals surface area contributed by atoms with E-state index < -0.39 is 17.3 Å². The maximum absolute atomic E-state index is 13.9. The first-order chi connectivity index (χ1) is 21.4. The lowest BCUT2D eigenvalue weighted by Crippen LogP contribution is -2.41. The summed E-state index contributed by atoms with van der Waals surface area (Å²) in [7, 11) is 1.51. The summed E-state index contributed by atoms with van der Waals surface area (Å²) in [5.41, 5.74) is 2.52. The molecule has 3 aromatic heterocycles. The molecule has 0 aliphatic heterocycles. The summed E-state index contributed by atoms with van der Waals surface area (Å²) in [5.74, 6) is 0.763. The van der Waals surface area contributed by atoms with Crippen molar-refractivity contribution in [3.8, 4) is 34.3 Å². The first kappa shape index (κ1) is 29.8. The fourth-order valence-electron chi connectivity index (χ4n) is 5.32. The number of carbonyl (C=O) groups excluding carboxylic acids is 1. The minimum Gasteiger partial charge on any atom is -0.528 e. The average molecular weight is 622 g/mol. The number of methoxy groups -OCH3 is 1.